The summed E-state index contributed by atoms with van der Waals surface area (Å²) < 4.78 is 31.8. The smallest absolute Gasteiger partial charge is 0.243 e. The number of phenolic OH excluding ortho intramolecular Hbond substituents is 1. The number of phenols is 1. The quantitative estimate of drug-likeness (QED) is 0.486. The van der Waals surface area contributed by atoms with Gasteiger partial charge in [0.1, 0.15) is 5.75 Å². The van der Waals surface area contributed by atoms with E-state index in [0.717, 1.165) is 5.56 Å². The molecule has 1 amide bonds. The summed E-state index contributed by atoms with van der Waals surface area (Å²) in [5.41, 5.74) is 0.826. The zero-order valence-corrected chi connectivity index (χ0v) is 18.1. The van der Waals surface area contributed by atoms with E-state index in [2.05, 4.69) is 15.5 Å². The number of benzene rings is 2. The Morgan fingerprint density at radius 1 is 1.13 bits per heavy atom. The topological polar surface area (TPSA) is 126 Å². The maximum absolute atomic E-state index is 12.7. The molecule has 0 fully saturated rings. The first-order valence-electron chi connectivity index (χ1n) is 9.86. The van der Waals surface area contributed by atoms with E-state index in [0.29, 0.717) is 24.8 Å². The Hall–Kier alpha value is -3.24. The molecular weight excluding hydrogens is 420 g/mol. The van der Waals surface area contributed by atoms with Gasteiger partial charge in [0.15, 0.2) is 0 Å². The van der Waals surface area contributed by atoms with Crippen molar-refractivity contribution in [2.75, 3.05) is 18.4 Å². The number of nitrogens with one attached hydrogen (secondary N) is 1. The molecular formula is C21H24N4O5S. The highest BCUT2D eigenvalue weighted by atomic mass is 32.2. The molecule has 0 spiro atoms. The Balaban J connectivity index is 1.66. The molecule has 2 aromatic carbocycles. The number of carbonyl (C=O) groups is 1. The van der Waals surface area contributed by atoms with Crippen LogP contribution in [-0.2, 0) is 21.2 Å². The normalized spacial score (nSPS) is 11.6. The molecule has 1 heterocycles. The van der Waals surface area contributed by atoms with Crippen molar-refractivity contribution in [2.45, 2.75) is 31.6 Å². The molecule has 0 saturated carbocycles. The number of amides is 1. The number of aromatic nitrogens is 2. The zero-order chi connectivity index (χ0) is 22.4. The summed E-state index contributed by atoms with van der Waals surface area (Å²) in [7, 11) is -3.72. The number of aromatic hydroxyl groups is 1. The van der Waals surface area contributed by atoms with Crippen LogP contribution < -0.4 is 5.32 Å². The summed E-state index contributed by atoms with van der Waals surface area (Å²) >= 11 is 0. The Kier molecular flexibility index (Phi) is 7.03. The number of aryl methyl sites for hydroxylation is 1. The van der Waals surface area contributed by atoms with Crippen LogP contribution in [0.5, 0.6) is 5.75 Å². The molecule has 3 rings (SSSR count). The average molecular weight is 445 g/mol. The van der Waals surface area contributed by atoms with E-state index in [1.54, 1.807) is 13.8 Å². The van der Waals surface area contributed by atoms with E-state index in [1.807, 2.05) is 30.3 Å². The summed E-state index contributed by atoms with van der Waals surface area (Å²) in [5, 5.41) is 16.5. The minimum Gasteiger partial charge on any atom is -0.506 e. The largest absolute Gasteiger partial charge is 0.506 e. The van der Waals surface area contributed by atoms with E-state index < -0.39 is 15.9 Å². The van der Waals surface area contributed by atoms with Crippen LogP contribution in [0.15, 0.2) is 57.9 Å². The Morgan fingerprint density at radius 3 is 2.52 bits per heavy atom. The van der Waals surface area contributed by atoms with E-state index in [4.69, 9.17) is 4.52 Å². The van der Waals surface area contributed by atoms with Crippen molar-refractivity contribution in [1.29, 1.82) is 0 Å². The lowest BCUT2D eigenvalue weighted by molar-refractivity contribution is -0.116. The van der Waals surface area contributed by atoms with Gasteiger partial charge in [0.2, 0.25) is 27.6 Å². The van der Waals surface area contributed by atoms with Gasteiger partial charge in [-0.25, -0.2) is 8.42 Å². The third-order valence-corrected chi connectivity index (χ3v) is 6.70. The van der Waals surface area contributed by atoms with Crippen molar-refractivity contribution in [1.82, 2.24) is 14.4 Å². The summed E-state index contributed by atoms with van der Waals surface area (Å²) in [6, 6.07) is 13.1. The third-order valence-electron chi connectivity index (χ3n) is 4.65. The molecule has 31 heavy (non-hydrogen) atoms. The molecule has 10 heteroatoms. The second-order valence-electron chi connectivity index (χ2n) is 6.69. The Bertz CT molecular complexity index is 1140. The van der Waals surface area contributed by atoms with Crippen molar-refractivity contribution in [3.63, 3.8) is 0 Å². The van der Waals surface area contributed by atoms with Crippen molar-refractivity contribution >= 4 is 21.6 Å². The van der Waals surface area contributed by atoms with E-state index in [9.17, 15) is 18.3 Å². The van der Waals surface area contributed by atoms with Crippen molar-refractivity contribution in [2.24, 2.45) is 0 Å². The predicted octanol–water partition coefficient (Wildman–Crippen LogP) is 3.04. The number of rotatable bonds is 9. The first kappa shape index (κ1) is 22.4. The van der Waals surface area contributed by atoms with E-state index in [-0.39, 0.29) is 29.2 Å². The number of anilines is 1. The standard InChI is InChI=1S/C21H24N4O5S/c1-3-25(4-2)31(28,29)16-10-11-18(26)17(14-16)22-19(27)12-13-20-23-21(24-30-20)15-8-6-5-7-9-15/h5-11,14,26H,3-4,12-13H2,1-2H3,(H,22,27). The summed E-state index contributed by atoms with van der Waals surface area (Å²) in [6.07, 6.45) is 0.215. The molecule has 0 atom stereocenters. The van der Waals surface area contributed by atoms with Gasteiger partial charge in [0, 0.05) is 31.5 Å². The molecule has 0 unspecified atom stereocenters. The minimum atomic E-state index is -3.72. The highest BCUT2D eigenvalue weighted by molar-refractivity contribution is 7.89. The lowest BCUT2D eigenvalue weighted by atomic mass is 10.2. The minimum absolute atomic E-state index is 0.00583. The molecule has 0 saturated heterocycles. The predicted molar refractivity (Wildman–Crippen MR) is 115 cm³/mol. The van der Waals surface area contributed by atoms with Crippen LogP contribution in [0.3, 0.4) is 0 Å². The molecule has 3 aromatic rings. The zero-order valence-electron chi connectivity index (χ0n) is 17.3. The number of carbonyl (C=O) groups excluding carboxylic acids is 1. The van der Waals surface area contributed by atoms with Gasteiger partial charge in [-0.15, -0.1) is 0 Å². The van der Waals surface area contributed by atoms with E-state index >= 15 is 0 Å². The van der Waals surface area contributed by atoms with E-state index in [1.165, 1.54) is 22.5 Å². The van der Waals surface area contributed by atoms with Gasteiger partial charge < -0.3 is 14.9 Å². The van der Waals surface area contributed by atoms with Gasteiger partial charge in [-0.2, -0.15) is 9.29 Å². The Morgan fingerprint density at radius 2 is 1.84 bits per heavy atom. The molecule has 2 N–H and O–H groups in total. The fourth-order valence-corrected chi connectivity index (χ4v) is 4.47. The number of sulfonamides is 1. The van der Waals surface area contributed by atoms with Crippen molar-refractivity contribution in [3.8, 4) is 17.1 Å². The number of nitrogens with zero attached hydrogens (tertiary/aromatic N) is 3. The van der Waals surface area contributed by atoms with Crippen LogP contribution in [0.25, 0.3) is 11.4 Å². The summed E-state index contributed by atoms with van der Waals surface area (Å²) in [6.45, 7) is 4.11. The molecule has 0 aliphatic carbocycles. The van der Waals surface area contributed by atoms with Crippen molar-refractivity contribution < 1.29 is 22.8 Å². The van der Waals surface area contributed by atoms with Gasteiger partial charge in [-0.1, -0.05) is 49.3 Å². The summed E-state index contributed by atoms with van der Waals surface area (Å²) in [4.78, 5) is 16.6. The van der Waals surface area contributed by atoms with Crippen LogP contribution >= 0.6 is 0 Å². The van der Waals surface area contributed by atoms with Crippen LogP contribution in [0.1, 0.15) is 26.2 Å². The van der Waals surface area contributed by atoms with Gasteiger partial charge in [0.25, 0.3) is 0 Å². The molecule has 0 aliphatic heterocycles. The second-order valence-corrected chi connectivity index (χ2v) is 8.63. The maximum Gasteiger partial charge on any atom is 0.243 e. The third kappa shape index (κ3) is 5.28. The highest BCUT2D eigenvalue weighted by Crippen LogP contribution is 2.28. The number of hydrogen-bond acceptors (Lipinski definition) is 7. The highest BCUT2D eigenvalue weighted by Gasteiger charge is 2.23. The van der Waals surface area contributed by atoms with Gasteiger partial charge in [-0.3, -0.25) is 4.79 Å². The summed E-state index contributed by atoms with van der Waals surface area (Å²) in [5.74, 6) is 0.0854. The fourth-order valence-electron chi connectivity index (χ4n) is 2.98. The SMILES string of the molecule is CCN(CC)S(=O)(=O)c1ccc(O)c(NC(=O)CCc2nc(-c3ccccc3)no2)c1. The lowest BCUT2D eigenvalue weighted by Gasteiger charge is -2.19. The van der Waals surface area contributed by atoms with Crippen LogP contribution in [0, 0.1) is 0 Å². The lowest BCUT2D eigenvalue weighted by Crippen LogP contribution is -2.30. The van der Waals surface area contributed by atoms with Gasteiger partial charge >= 0.3 is 0 Å². The second kappa shape index (κ2) is 9.71. The fraction of sp³-hybridized carbons (Fsp3) is 0.286. The Labute approximate surface area is 180 Å². The van der Waals surface area contributed by atoms with Gasteiger partial charge in [-0.05, 0) is 18.2 Å². The molecule has 0 radical (unpaired) electrons. The maximum atomic E-state index is 12.7. The monoisotopic (exact) mass is 444 g/mol. The first-order chi connectivity index (χ1) is 14.8. The molecule has 0 aliphatic rings. The molecule has 0 bridgehead atoms. The van der Waals surface area contributed by atoms with Crippen LogP contribution in [0.2, 0.25) is 0 Å². The molecule has 164 valence electrons. The van der Waals surface area contributed by atoms with Crippen LogP contribution in [0.4, 0.5) is 5.69 Å². The van der Waals surface area contributed by atoms with Gasteiger partial charge in [0.05, 0.1) is 10.6 Å². The van der Waals surface area contributed by atoms with Crippen molar-refractivity contribution in [3.05, 3.63) is 54.4 Å². The average Bonchev–Trinajstić information content (AvgIpc) is 3.24. The number of hydrogen-bond donors (Lipinski definition) is 2. The first-order valence-corrected chi connectivity index (χ1v) is 11.3. The molecule has 1 aromatic heterocycles. The molecule has 9 nitrogen and oxygen atoms in total. The van der Waals surface area contributed by atoms with Crippen LogP contribution in [-0.4, -0.2) is 47.0 Å².